The van der Waals surface area contributed by atoms with Crippen LogP contribution in [0.3, 0.4) is 0 Å². The van der Waals surface area contributed by atoms with Gasteiger partial charge in [0, 0.05) is 11.7 Å². The van der Waals surface area contributed by atoms with Crippen LogP contribution in [0.2, 0.25) is 0 Å². The molecule has 1 aromatic rings. The van der Waals surface area contributed by atoms with Crippen molar-refractivity contribution in [3.8, 4) is 6.07 Å². The van der Waals surface area contributed by atoms with Gasteiger partial charge < -0.3 is 5.32 Å². The molecule has 4 nitrogen and oxygen atoms in total. The zero-order valence-corrected chi connectivity index (χ0v) is 12.0. The second-order valence-electron chi connectivity index (χ2n) is 4.92. The summed E-state index contributed by atoms with van der Waals surface area (Å²) in [6.45, 7) is 6.24. The number of benzene rings is 1. The van der Waals surface area contributed by atoms with Crippen LogP contribution >= 0.6 is 0 Å². The van der Waals surface area contributed by atoms with Crippen LogP contribution in [0.25, 0.3) is 0 Å². The molecule has 0 saturated carbocycles. The van der Waals surface area contributed by atoms with Gasteiger partial charge in [0.2, 0.25) is 5.91 Å². The summed E-state index contributed by atoms with van der Waals surface area (Å²) in [5.74, 6) is -0.0546. The molecule has 4 heteroatoms. The Morgan fingerprint density at radius 2 is 2.16 bits per heavy atom. The van der Waals surface area contributed by atoms with Crippen molar-refractivity contribution < 1.29 is 4.79 Å². The first kappa shape index (κ1) is 15.2. The minimum Gasteiger partial charge on any atom is -0.325 e. The molecular formula is C15H21N3O. The molecule has 0 fully saturated rings. The molecule has 1 atom stereocenters. The summed E-state index contributed by atoms with van der Waals surface area (Å²) < 4.78 is 0. The summed E-state index contributed by atoms with van der Waals surface area (Å²) in [5, 5.41) is 11.6. The number of amides is 1. The SMILES string of the molecule is Cc1cccc(NC(=O)CN(C)C(C)CC#N)c1C. The molecule has 0 aliphatic heterocycles. The number of carbonyl (C=O) groups excluding carboxylic acids is 1. The monoisotopic (exact) mass is 259 g/mol. The number of carbonyl (C=O) groups is 1. The van der Waals surface area contributed by atoms with E-state index in [4.69, 9.17) is 5.26 Å². The molecule has 19 heavy (non-hydrogen) atoms. The lowest BCUT2D eigenvalue weighted by atomic mass is 10.1. The number of hydrogen-bond donors (Lipinski definition) is 1. The van der Waals surface area contributed by atoms with Gasteiger partial charge in [-0.15, -0.1) is 0 Å². The quantitative estimate of drug-likeness (QED) is 0.883. The zero-order valence-electron chi connectivity index (χ0n) is 12.0. The maximum atomic E-state index is 12.0. The summed E-state index contributed by atoms with van der Waals surface area (Å²) in [4.78, 5) is 13.8. The van der Waals surface area contributed by atoms with E-state index in [-0.39, 0.29) is 18.5 Å². The van der Waals surface area contributed by atoms with Gasteiger partial charge in [0.1, 0.15) is 0 Å². The van der Waals surface area contributed by atoms with E-state index in [0.717, 1.165) is 16.8 Å². The van der Waals surface area contributed by atoms with Crippen molar-refractivity contribution in [1.82, 2.24) is 4.90 Å². The van der Waals surface area contributed by atoms with E-state index in [9.17, 15) is 4.79 Å². The Balaban J connectivity index is 2.61. The van der Waals surface area contributed by atoms with Gasteiger partial charge in [0.25, 0.3) is 0 Å². The van der Waals surface area contributed by atoms with E-state index >= 15 is 0 Å². The minimum atomic E-state index is -0.0546. The molecule has 0 radical (unpaired) electrons. The smallest absolute Gasteiger partial charge is 0.238 e. The van der Waals surface area contributed by atoms with Crippen LogP contribution in [0.15, 0.2) is 18.2 Å². The number of nitriles is 1. The summed E-state index contributed by atoms with van der Waals surface area (Å²) in [6, 6.07) is 8.04. The molecule has 0 saturated heterocycles. The van der Waals surface area contributed by atoms with E-state index in [1.54, 1.807) is 0 Å². The molecule has 0 spiro atoms. The van der Waals surface area contributed by atoms with Gasteiger partial charge in [-0.05, 0) is 45.0 Å². The largest absolute Gasteiger partial charge is 0.325 e. The number of nitrogens with zero attached hydrogens (tertiary/aromatic N) is 2. The van der Waals surface area contributed by atoms with Crippen molar-refractivity contribution >= 4 is 11.6 Å². The maximum absolute atomic E-state index is 12.0. The van der Waals surface area contributed by atoms with Gasteiger partial charge in [-0.25, -0.2) is 0 Å². The lowest BCUT2D eigenvalue weighted by molar-refractivity contribution is -0.117. The van der Waals surface area contributed by atoms with Crippen LogP contribution in [-0.4, -0.2) is 30.4 Å². The van der Waals surface area contributed by atoms with Crippen LogP contribution in [0, 0.1) is 25.2 Å². The average Bonchev–Trinajstić information content (AvgIpc) is 2.35. The summed E-state index contributed by atoms with van der Waals surface area (Å²) in [6.07, 6.45) is 0.424. The Kier molecular flexibility index (Phi) is 5.53. The molecule has 0 aliphatic rings. The fourth-order valence-electron chi connectivity index (χ4n) is 1.75. The third-order valence-electron chi connectivity index (χ3n) is 3.41. The highest BCUT2D eigenvalue weighted by molar-refractivity contribution is 5.93. The van der Waals surface area contributed by atoms with Crippen LogP contribution in [0.4, 0.5) is 5.69 Å². The number of nitrogens with one attached hydrogen (secondary N) is 1. The summed E-state index contributed by atoms with van der Waals surface area (Å²) in [7, 11) is 1.85. The highest BCUT2D eigenvalue weighted by Gasteiger charge is 2.13. The molecule has 1 amide bonds. The van der Waals surface area contributed by atoms with E-state index < -0.39 is 0 Å². The summed E-state index contributed by atoms with van der Waals surface area (Å²) in [5.41, 5.74) is 3.10. The lowest BCUT2D eigenvalue weighted by Crippen LogP contribution is -2.36. The van der Waals surface area contributed by atoms with Gasteiger partial charge in [-0.1, -0.05) is 12.1 Å². The Morgan fingerprint density at radius 3 is 2.79 bits per heavy atom. The minimum absolute atomic E-state index is 0.0546. The molecule has 0 aliphatic carbocycles. The van der Waals surface area contributed by atoms with Crippen molar-refractivity contribution in [2.45, 2.75) is 33.2 Å². The Labute approximate surface area is 115 Å². The molecule has 1 rings (SSSR count). The Bertz CT molecular complexity index is 491. The molecule has 0 bridgehead atoms. The van der Waals surface area contributed by atoms with Crippen molar-refractivity contribution in [3.63, 3.8) is 0 Å². The molecule has 1 unspecified atom stereocenters. The fraction of sp³-hybridized carbons (Fsp3) is 0.467. The van der Waals surface area contributed by atoms with E-state index in [1.807, 2.05) is 50.9 Å². The number of likely N-dealkylation sites (N-methyl/N-ethyl adjacent to an activating group) is 1. The normalized spacial score (nSPS) is 12.0. The van der Waals surface area contributed by atoms with Gasteiger partial charge >= 0.3 is 0 Å². The third kappa shape index (κ3) is 4.38. The number of rotatable bonds is 5. The van der Waals surface area contributed by atoms with Crippen molar-refractivity contribution in [2.75, 3.05) is 18.9 Å². The maximum Gasteiger partial charge on any atom is 0.238 e. The second-order valence-corrected chi connectivity index (χ2v) is 4.92. The standard InChI is InChI=1S/C15H21N3O/c1-11-6-5-7-14(13(11)3)17-15(19)10-18(4)12(2)8-9-16/h5-7,12H,8,10H2,1-4H3,(H,17,19). The first-order valence-corrected chi connectivity index (χ1v) is 6.39. The molecule has 102 valence electrons. The lowest BCUT2D eigenvalue weighted by Gasteiger charge is -2.22. The number of anilines is 1. The van der Waals surface area contributed by atoms with Crippen LogP contribution in [-0.2, 0) is 4.79 Å². The summed E-state index contributed by atoms with van der Waals surface area (Å²) >= 11 is 0. The predicted octanol–water partition coefficient (Wildman–Crippen LogP) is 2.48. The molecular weight excluding hydrogens is 238 g/mol. The van der Waals surface area contributed by atoms with Gasteiger partial charge in [-0.2, -0.15) is 5.26 Å². The van der Waals surface area contributed by atoms with Crippen LogP contribution < -0.4 is 5.32 Å². The van der Waals surface area contributed by atoms with Crippen molar-refractivity contribution in [3.05, 3.63) is 29.3 Å². The second kappa shape index (κ2) is 6.91. The van der Waals surface area contributed by atoms with E-state index in [1.165, 1.54) is 0 Å². The van der Waals surface area contributed by atoms with Crippen molar-refractivity contribution in [2.24, 2.45) is 0 Å². The number of hydrogen-bond acceptors (Lipinski definition) is 3. The van der Waals surface area contributed by atoms with Crippen LogP contribution in [0.1, 0.15) is 24.5 Å². The highest BCUT2D eigenvalue weighted by Crippen LogP contribution is 2.17. The predicted molar refractivity (Wildman–Crippen MR) is 76.9 cm³/mol. The Morgan fingerprint density at radius 1 is 1.47 bits per heavy atom. The van der Waals surface area contributed by atoms with Gasteiger partial charge in [-0.3, -0.25) is 9.69 Å². The molecule has 0 aromatic heterocycles. The highest BCUT2D eigenvalue weighted by atomic mass is 16.2. The van der Waals surface area contributed by atoms with Crippen molar-refractivity contribution in [1.29, 1.82) is 5.26 Å². The van der Waals surface area contributed by atoms with Gasteiger partial charge in [0.15, 0.2) is 0 Å². The molecule has 1 N–H and O–H groups in total. The van der Waals surface area contributed by atoms with Gasteiger partial charge in [0.05, 0.1) is 19.0 Å². The zero-order chi connectivity index (χ0) is 14.4. The Hall–Kier alpha value is -1.86. The molecule has 0 heterocycles. The van der Waals surface area contributed by atoms with E-state index in [0.29, 0.717) is 6.42 Å². The van der Waals surface area contributed by atoms with Crippen LogP contribution in [0.5, 0.6) is 0 Å². The number of aryl methyl sites for hydroxylation is 1. The topological polar surface area (TPSA) is 56.1 Å². The fourth-order valence-corrected chi connectivity index (χ4v) is 1.75. The third-order valence-corrected chi connectivity index (χ3v) is 3.41. The van der Waals surface area contributed by atoms with E-state index in [2.05, 4.69) is 11.4 Å². The average molecular weight is 259 g/mol. The first-order valence-electron chi connectivity index (χ1n) is 6.39. The first-order chi connectivity index (χ1) is 8.95. The molecule has 1 aromatic carbocycles.